The summed E-state index contributed by atoms with van der Waals surface area (Å²) >= 11 is 1.37. The Morgan fingerprint density at radius 2 is 1.71 bits per heavy atom. The Labute approximate surface area is 142 Å². The Bertz CT molecular complexity index is 968. The first-order chi connectivity index (χ1) is 11.4. The van der Waals surface area contributed by atoms with Crippen LogP contribution >= 0.6 is 11.8 Å². The van der Waals surface area contributed by atoms with Crippen LogP contribution in [-0.4, -0.2) is 29.4 Å². The van der Waals surface area contributed by atoms with Crippen LogP contribution in [0.25, 0.3) is 17.1 Å². The van der Waals surface area contributed by atoms with Gasteiger partial charge in [-0.25, -0.2) is 27.6 Å². The highest BCUT2D eigenvalue weighted by molar-refractivity contribution is 7.98. The van der Waals surface area contributed by atoms with E-state index in [1.807, 2.05) is 6.26 Å². The number of primary sulfonamides is 1. The second kappa shape index (κ2) is 6.34. The maximum atomic E-state index is 13.1. The monoisotopic (exact) mass is 364 g/mol. The number of hydrogen-bond donors (Lipinski definition) is 1. The van der Waals surface area contributed by atoms with Crippen molar-refractivity contribution in [3.05, 3.63) is 54.3 Å². The Kier molecular flexibility index (Phi) is 4.39. The van der Waals surface area contributed by atoms with Gasteiger partial charge in [-0.3, -0.25) is 0 Å². The first kappa shape index (κ1) is 16.6. The quantitative estimate of drug-likeness (QED) is 0.718. The average molecular weight is 364 g/mol. The van der Waals surface area contributed by atoms with Crippen molar-refractivity contribution in [1.82, 2.24) is 14.8 Å². The first-order valence-electron chi connectivity index (χ1n) is 6.79. The van der Waals surface area contributed by atoms with E-state index in [2.05, 4.69) is 10.1 Å². The molecule has 1 aromatic heterocycles. The molecule has 3 aromatic rings. The SMILES string of the molecule is CSc1nc(-c2ccc(S(N)(=O)=O)cc2)n(-c2ccc(F)cc2)n1. The standard InChI is InChI=1S/C15H13FN4O2S2/c1-23-15-18-14(10-2-8-13(9-3-10)24(17,21)22)20(19-15)12-6-4-11(16)5-7-12/h2-9H,1H3,(H2,17,21,22). The molecule has 6 nitrogen and oxygen atoms in total. The average Bonchev–Trinajstić information content (AvgIpc) is 2.99. The second-order valence-electron chi connectivity index (χ2n) is 4.88. The molecule has 0 aliphatic carbocycles. The summed E-state index contributed by atoms with van der Waals surface area (Å²) in [6.07, 6.45) is 1.85. The molecule has 0 saturated heterocycles. The van der Waals surface area contributed by atoms with Gasteiger partial charge < -0.3 is 0 Å². The zero-order valence-corrected chi connectivity index (χ0v) is 14.2. The van der Waals surface area contributed by atoms with Crippen LogP contribution in [0.15, 0.2) is 58.6 Å². The lowest BCUT2D eigenvalue weighted by Crippen LogP contribution is -2.11. The highest BCUT2D eigenvalue weighted by Crippen LogP contribution is 2.25. The molecule has 2 N–H and O–H groups in total. The van der Waals surface area contributed by atoms with Crippen LogP contribution in [0.1, 0.15) is 0 Å². The van der Waals surface area contributed by atoms with Crippen LogP contribution in [0.5, 0.6) is 0 Å². The summed E-state index contributed by atoms with van der Waals surface area (Å²) in [6.45, 7) is 0. The Morgan fingerprint density at radius 3 is 2.25 bits per heavy atom. The molecular formula is C15H13FN4O2S2. The van der Waals surface area contributed by atoms with Gasteiger partial charge in [0.15, 0.2) is 5.82 Å². The number of halogens is 1. The summed E-state index contributed by atoms with van der Waals surface area (Å²) in [5.41, 5.74) is 1.31. The predicted octanol–water partition coefficient (Wildman–Crippen LogP) is 2.44. The molecular weight excluding hydrogens is 351 g/mol. The van der Waals surface area contributed by atoms with Crippen molar-refractivity contribution in [2.45, 2.75) is 10.1 Å². The first-order valence-corrected chi connectivity index (χ1v) is 9.56. The molecule has 2 aromatic carbocycles. The molecule has 0 bridgehead atoms. The predicted molar refractivity (Wildman–Crippen MR) is 89.9 cm³/mol. The van der Waals surface area contributed by atoms with Gasteiger partial charge in [0.2, 0.25) is 15.2 Å². The molecule has 0 atom stereocenters. The molecule has 9 heteroatoms. The lowest BCUT2D eigenvalue weighted by Gasteiger charge is -2.06. The van der Waals surface area contributed by atoms with E-state index in [-0.39, 0.29) is 10.7 Å². The fourth-order valence-corrected chi connectivity index (χ4v) is 2.98. The number of rotatable bonds is 4. The van der Waals surface area contributed by atoms with Crippen LogP contribution in [0.4, 0.5) is 4.39 Å². The van der Waals surface area contributed by atoms with Crippen LogP contribution in [-0.2, 0) is 10.0 Å². The van der Waals surface area contributed by atoms with Gasteiger partial charge in [0.1, 0.15) is 5.82 Å². The summed E-state index contributed by atoms with van der Waals surface area (Å²) < 4.78 is 37.4. The van der Waals surface area contributed by atoms with Crippen molar-refractivity contribution in [3.63, 3.8) is 0 Å². The molecule has 124 valence electrons. The Morgan fingerprint density at radius 1 is 1.08 bits per heavy atom. The van der Waals surface area contributed by atoms with Crippen molar-refractivity contribution >= 4 is 21.8 Å². The van der Waals surface area contributed by atoms with Crippen LogP contribution < -0.4 is 5.14 Å². The third-order valence-electron chi connectivity index (χ3n) is 3.28. The molecule has 0 aliphatic heterocycles. The number of nitrogens with two attached hydrogens (primary N) is 1. The van der Waals surface area contributed by atoms with E-state index in [4.69, 9.17) is 5.14 Å². The molecule has 0 unspecified atom stereocenters. The zero-order chi connectivity index (χ0) is 17.3. The van der Waals surface area contributed by atoms with E-state index in [1.165, 1.54) is 36.0 Å². The zero-order valence-electron chi connectivity index (χ0n) is 12.5. The fraction of sp³-hybridized carbons (Fsp3) is 0.0667. The lowest BCUT2D eigenvalue weighted by molar-refractivity contribution is 0.598. The number of thioether (sulfide) groups is 1. The number of sulfonamides is 1. The van der Waals surface area contributed by atoms with E-state index in [9.17, 15) is 12.8 Å². The summed E-state index contributed by atoms with van der Waals surface area (Å²) in [7, 11) is -3.76. The summed E-state index contributed by atoms with van der Waals surface area (Å²) in [5.74, 6) is 0.176. The summed E-state index contributed by atoms with van der Waals surface area (Å²) in [5, 5.41) is 10.0. The highest BCUT2D eigenvalue weighted by atomic mass is 32.2. The van der Waals surface area contributed by atoms with E-state index in [1.54, 1.807) is 28.9 Å². The largest absolute Gasteiger partial charge is 0.238 e. The summed E-state index contributed by atoms with van der Waals surface area (Å²) in [6, 6.07) is 11.9. The molecule has 1 heterocycles. The van der Waals surface area contributed by atoms with E-state index in [0.29, 0.717) is 22.2 Å². The van der Waals surface area contributed by atoms with Gasteiger partial charge in [0.05, 0.1) is 10.6 Å². The minimum Gasteiger partial charge on any atom is -0.225 e. The lowest BCUT2D eigenvalue weighted by atomic mass is 10.2. The molecule has 0 saturated carbocycles. The van der Waals surface area contributed by atoms with Gasteiger partial charge in [-0.1, -0.05) is 11.8 Å². The molecule has 3 rings (SSSR count). The number of hydrogen-bond acceptors (Lipinski definition) is 5. The van der Waals surface area contributed by atoms with Crippen LogP contribution in [0.2, 0.25) is 0 Å². The highest BCUT2D eigenvalue weighted by Gasteiger charge is 2.15. The molecule has 0 radical (unpaired) electrons. The van der Waals surface area contributed by atoms with Crippen molar-refractivity contribution in [2.24, 2.45) is 5.14 Å². The van der Waals surface area contributed by atoms with Crippen molar-refractivity contribution in [3.8, 4) is 17.1 Å². The minimum atomic E-state index is -3.76. The van der Waals surface area contributed by atoms with Gasteiger partial charge in [0.25, 0.3) is 0 Å². The van der Waals surface area contributed by atoms with E-state index >= 15 is 0 Å². The normalized spacial score (nSPS) is 11.6. The number of nitrogens with zero attached hydrogens (tertiary/aromatic N) is 3. The molecule has 0 spiro atoms. The number of benzene rings is 2. The fourth-order valence-electron chi connectivity index (χ4n) is 2.12. The second-order valence-corrected chi connectivity index (χ2v) is 7.21. The third-order valence-corrected chi connectivity index (χ3v) is 4.75. The molecule has 0 fully saturated rings. The third kappa shape index (κ3) is 3.32. The topological polar surface area (TPSA) is 90.9 Å². The maximum Gasteiger partial charge on any atom is 0.238 e. The van der Waals surface area contributed by atoms with Gasteiger partial charge in [-0.15, -0.1) is 5.10 Å². The molecule has 0 aliphatic rings. The Balaban J connectivity index is 2.10. The van der Waals surface area contributed by atoms with Gasteiger partial charge in [-0.05, 0) is 54.8 Å². The van der Waals surface area contributed by atoms with Gasteiger partial charge in [-0.2, -0.15) is 0 Å². The number of aromatic nitrogens is 3. The minimum absolute atomic E-state index is 0.0178. The summed E-state index contributed by atoms with van der Waals surface area (Å²) in [4.78, 5) is 4.45. The van der Waals surface area contributed by atoms with Crippen molar-refractivity contribution < 1.29 is 12.8 Å². The molecule has 0 amide bonds. The van der Waals surface area contributed by atoms with E-state index < -0.39 is 10.0 Å². The van der Waals surface area contributed by atoms with Crippen molar-refractivity contribution in [2.75, 3.05) is 6.26 Å². The van der Waals surface area contributed by atoms with E-state index in [0.717, 1.165) is 0 Å². The van der Waals surface area contributed by atoms with Crippen LogP contribution in [0.3, 0.4) is 0 Å². The van der Waals surface area contributed by atoms with Gasteiger partial charge in [0, 0.05) is 5.56 Å². The Hall–Kier alpha value is -2.23. The maximum absolute atomic E-state index is 13.1. The van der Waals surface area contributed by atoms with Crippen molar-refractivity contribution in [1.29, 1.82) is 0 Å². The smallest absolute Gasteiger partial charge is 0.225 e. The molecule has 24 heavy (non-hydrogen) atoms. The van der Waals surface area contributed by atoms with Gasteiger partial charge >= 0.3 is 0 Å². The van der Waals surface area contributed by atoms with Crippen LogP contribution in [0, 0.1) is 5.82 Å².